The first-order valence-corrected chi connectivity index (χ1v) is 5.82. The lowest BCUT2D eigenvalue weighted by molar-refractivity contribution is 1.04. The number of nitrogens with zero attached hydrogens (tertiary/aromatic N) is 3. The number of anilines is 2. The molecule has 0 atom stereocenters. The minimum atomic E-state index is 0.326. The quantitative estimate of drug-likeness (QED) is 0.922. The Hall–Kier alpha value is -1.64. The van der Waals surface area contributed by atoms with E-state index in [1.807, 2.05) is 6.07 Å². The highest BCUT2D eigenvalue weighted by Crippen LogP contribution is 2.23. The molecule has 1 aromatic heterocycles. The molecule has 2 rings (SSSR count). The van der Waals surface area contributed by atoms with Gasteiger partial charge in [0.1, 0.15) is 6.07 Å². The van der Waals surface area contributed by atoms with E-state index < -0.39 is 0 Å². The summed E-state index contributed by atoms with van der Waals surface area (Å²) in [6.45, 7) is 0. The molecule has 1 heterocycles. The predicted octanol–water partition coefficient (Wildman–Crippen LogP) is 3.51. The van der Waals surface area contributed by atoms with Gasteiger partial charge in [-0.1, -0.05) is 27.5 Å². The largest absolute Gasteiger partial charge is 0.338 e. The summed E-state index contributed by atoms with van der Waals surface area (Å²) in [7, 11) is 0. The van der Waals surface area contributed by atoms with Gasteiger partial charge in [0.25, 0.3) is 0 Å². The van der Waals surface area contributed by atoms with E-state index in [-0.39, 0.29) is 0 Å². The maximum absolute atomic E-state index is 9.00. The van der Waals surface area contributed by atoms with Crippen LogP contribution in [0.15, 0.2) is 34.8 Å². The third-order valence-corrected chi connectivity index (χ3v) is 2.69. The number of hydrogen-bond donors (Lipinski definition) is 1. The molecule has 0 radical (unpaired) electrons. The SMILES string of the molecule is N#Cc1cc(Br)ccc1Nc1ccc(Cl)nn1. The van der Waals surface area contributed by atoms with Gasteiger partial charge in [0.05, 0.1) is 11.3 Å². The number of benzene rings is 1. The van der Waals surface area contributed by atoms with Gasteiger partial charge >= 0.3 is 0 Å². The molecule has 0 unspecified atom stereocenters. The zero-order valence-electron chi connectivity index (χ0n) is 8.48. The summed E-state index contributed by atoms with van der Waals surface area (Å²) >= 11 is 8.94. The van der Waals surface area contributed by atoms with Crippen LogP contribution in [-0.4, -0.2) is 10.2 Å². The molecule has 84 valence electrons. The van der Waals surface area contributed by atoms with Gasteiger partial charge < -0.3 is 5.32 Å². The number of hydrogen-bond acceptors (Lipinski definition) is 4. The molecule has 0 fully saturated rings. The fourth-order valence-electron chi connectivity index (χ4n) is 1.24. The minimum absolute atomic E-state index is 0.326. The summed E-state index contributed by atoms with van der Waals surface area (Å²) < 4.78 is 0.849. The lowest BCUT2D eigenvalue weighted by Gasteiger charge is -2.06. The van der Waals surface area contributed by atoms with Crippen LogP contribution in [0.3, 0.4) is 0 Å². The molecule has 1 aromatic carbocycles. The fraction of sp³-hybridized carbons (Fsp3) is 0. The molecule has 1 N–H and O–H groups in total. The number of halogens is 2. The summed E-state index contributed by atoms with van der Waals surface area (Å²) in [6.07, 6.45) is 0. The molecule has 0 aliphatic carbocycles. The van der Waals surface area contributed by atoms with E-state index in [0.717, 1.165) is 4.47 Å². The van der Waals surface area contributed by atoms with Crippen molar-refractivity contribution in [1.82, 2.24) is 10.2 Å². The topological polar surface area (TPSA) is 61.6 Å². The molecule has 6 heteroatoms. The molecule has 0 saturated heterocycles. The Morgan fingerprint density at radius 2 is 2.06 bits per heavy atom. The Morgan fingerprint density at radius 3 is 2.71 bits per heavy atom. The Morgan fingerprint density at radius 1 is 1.24 bits per heavy atom. The molecule has 0 spiro atoms. The number of aromatic nitrogens is 2. The van der Waals surface area contributed by atoms with Gasteiger partial charge in [-0.25, -0.2) is 0 Å². The van der Waals surface area contributed by atoms with Crippen LogP contribution in [0.25, 0.3) is 0 Å². The van der Waals surface area contributed by atoms with Crippen molar-refractivity contribution in [2.45, 2.75) is 0 Å². The van der Waals surface area contributed by atoms with Gasteiger partial charge in [-0.15, -0.1) is 10.2 Å². The second kappa shape index (κ2) is 5.13. The molecular weight excluding hydrogens is 304 g/mol. The van der Waals surface area contributed by atoms with Crippen LogP contribution in [0.5, 0.6) is 0 Å². The molecule has 0 aliphatic heterocycles. The molecule has 0 aliphatic rings. The molecule has 0 bridgehead atoms. The predicted molar refractivity (Wildman–Crippen MR) is 69.2 cm³/mol. The Labute approximate surface area is 111 Å². The van der Waals surface area contributed by atoms with Crippen molar-refractivity contribution in [3.63, 3.8) is 0 Å². The molecule has 17 heavy (non-hydrogen) atoms. The highest BCUT2D eigenvalue weighted by Gasteiger charge is 2.04. The summed E-state index contributed by atoms with van der Waals surface area (Å²) in [4.78, 5) is 0. The van der Waals surface area contributed by atoms with Gasteiger partial charge in [0, 0.05) is 4.47 Å². The van der Waals surface area contributed by atoms with Gasteiger partial charge in [-0.05, 0) is 30.3 Å². The Bertz CT molecular complexity index is 577. The van der Waals surface area contributed by atoms with Crippen LogP contribution in [0.1, 0.15) is 5.56 Å². The van der Waals surface area contributed by atoms with Crippen molar-refractivity contribution in [2.24, 2.45) is 0 Å². The highest BCUT2D eigenvalue weighted by atomic mass is 79.9. The van der Waals surface area contributed by atoms with Crippen molar-refractivity contribution in [2.75, 3.05) is 5.32 Å². The molecule has 0 saturated carbocycles. The average Bonchev–Trinajstić information content (AvgIpc) is 2.34. The number of nitriles is 1. The normalized spacial score (nSPS) is 9.71. The Balaban J connectivity index is 2.30. The lowest BCUT2D eigenvalue weighted by atomic mass is 10.2. The standard InChI is InChI=1S/C11H6BrClN4/c12-8-1-2-9(7(5-8)6-14)15-11-4-3-10(13)16-17-11/h1-5H,(H,15,17). The zero-order chi connectivity index (χ0) is 12.3. The van der Waals surface area contributed by atoms with E-state index >= 15 is 0 Å². The second-order valence-electron chi connectivity index (χ2n) is 3.17. The first kappa shape index (κ1) is 11.8. The minimum Gasteiger partial charge on any atom is -0.338 e. The van der Waals surface area contributed by atoms with Crippen LogP contribution in [0, 0.1) is 11.3 Å². The van der Waals surface area contributed by atoms with Crippen molar-refractivity contribution in [1.29, 1.82) is 5.26 Å². The smallest absolute Gasteiger partial charge is 0.153 e. The van der Waals surface area contributed by atoms with Crippen molar-refractivity contribution in [3.05, 3.63) is 45.5 Å². The van der Waals surface area contributed by atoms with Crippen LogP contribution in [0.2, 0.25) is 5.15 Å². The van der Waals surface area contributed by atoms with E-state index in [4.69, 9.17) is 16.9 Å². The van der Waals surface area contributed by atoms with Gasteiger partial charge in [0.2, 0.25) is 0 Å². The van der Waals surface area contributed by atoms with E-state index in [0.29, 0.717) is 22.2 Å². The first-order valence-electron chi connectivity index (χ1n) is 4.65. The summed E-state index contributed by atoms with van der Waals surface area (Å²) in [5.41, 5.74) is 1.20. The number of rotatable bonds is 2. The van der Waals surface area contributed by atoms with Crippen molar-refractivity contribution >= 4 is 39.0 Å². The average molecular weight is 310 g/mol. The van der Waals surface area contributed by atoms with Crippen LogP contribution in [-0.2, 0) is 0 Å². The van der Waals surface area contributed by atoms with E-state index in [2.05, 4.69) is 37.5 Å². The molecular formula is C11H6BrClN4. The van der Waals surface area contributed by atoms with E-state index in [1.54, 1.807) is 24.3 Å². The summed E-state index contributed by atoms with van der Waals surface area (Å²) in [5, 5.41) is 19.9. The third kappa shape index (κ3) is 2.93. The van der Waals surface area contributed by atoms with Gasteiger partial charge in [-0.3, -0.25) is 0 Å². The van der Waals surface area contributed by atoms with Crippen LogP contribution < -0.4 is 5.32 Å². The summed E-state index contributed by atoms with van der Waals surface area (Å²) in [6, 6.07) is 10.8. The first-order chi connectivity index (χ1) is 8.19. The highest BCUT2D eigenvalue weighted by molar-refractivity contribution is 9.10. The monoisotopic (exact) mass is 308 g/mol. The zero-order valence-corrected chi connectivity index (χ0v) is 10.8. The van der Waals surface area contributed by atoms with Crippen LogP contribution >= 0.6 is 27.5 Å². The third-order valence-electron chi connectivity index (χ3n) is 2.00. The van der Waals surface area contributed by atoms with Crippen LogP contribution in [0.4, 0.5) is 11.5 Å². The van der Waals surface area contributed by atoms with Gasteiger partial charge in [-0.2, -0.15) is 5.26 Å². The van der Waals surface area contributed by atoms with Gasteiger partial charge in [0.15, 0.2) is 11.0 Å². The maximum atomic E-state index is 9.00. The lowest BCUT2D eigenvalue weighted by Crippen LogP contribution is -1.97. The Kier molecular flexibility index (Phi) is 3.57. The van der Waals surface area contributed by atoms with E-state index in [1.165, 1.54) is 0 Å². The maximum Gasteiger partial charge on any atom is 0.153 e. The van der Waals surface area contributed by atoms with Crippen molar-refractivity contribution < 1.29 is 0 Å². The fourth-order valence-corrected chi connectivity index (χ4v) is 1.70. The molecule has 0 amide bonds. The number of nitrogens with one attached hydrogen (secondary N) is 1. The van der Waals surface area contributed by atoms with Crippen molar-refractivity contribution in [3.8, 4) is 6.07 Å². The summed E-state index contributed by atoms with van der Waals surface area (Å²) in [5.74, 6) is 0.535. The molecule has 2 aromatic rings. The molecule has 4 nitrogen and oxygen atoms in total. The second-order valence-corrected chi connectivity index (χ2v) is 4.47. The van der Waals surface area contributed by atoms with E-state index in [9.17, 15) is 0 Å².